The molecule has 0 bridgehead atoms. The average Bonchev–Trinajstić information content (AvgIpc) is 2.79. The average molecular weight is 428 g/mol. The summed E-state index contributed by atoms with van der Waals surface area (Å²) in [4.78, 5) is 30.6. The smallest absolute Gasteiger partial charge is 0.259 e. The molecule has 0 amide bonds. The fraction of sp³-hybridized carbons (Fsp3) is 0.250. The van der Waals surface area contributed by atoms with Crippen molar-refractivity contribution < 1.29 is 4.74 Å². The van der Waals surface area contributed by atoms with Gasteiger partial charge in [0.2, 0.25) is 0 Å². The fourth-order valence-electron chi connectivity index (χ4n) is 4.15. The zero-order valence-corrected chi connectivity index (χ0v) is 18.0. The molecule has 1 aliphatic rings. The maximum absolute atomic E-state index is 12.6. The van der Waals surface area contributed by atoms with Gasteiger partial charge in [-0.3, -0.25) is 4.79 Å². The third kappa shape index (κ3) is 3.92. The number of morpholine rings is 1. The standard InChI is InChI=1S/C24H24N6O2/c1-15-9-19(3-4-21(15)30-7-8-32-16(2)13-30)28-23-22-17(5-6-27-24(22)31)10-20(29-23)18-11-25-14-26-12-18/h3-6,9-12,14,16H,7-8,13H2,1-2H3,(H,27,31)(H,28,29)/t16-/m1/s1. The van der Waals surface area contributed by atoms with Gasteiger partial charge in [0, 0.05) is 48.6 Å². The number of benzene rings is 1. The van der Waals surface area contributed by atoms with E-state index >= 15 is 0 Å². The van der Waals surface area contributed by atoms with Crippen LogP contribution in [0.4, 0.5) is 17.2 Å². The molecule has 162 valence electrons. The van der Waals surface area contributed by atoms with Crippen LogP contribution >= 0.6 is 0 Å². The highest BCUT2D eigenvalue weighted by atomic mass is 16.5. The number of aromatic nitrogens is 4. The van der Waals surface area contributed by atoms with E-state index in [0.29, 0.717) is 16.9 Å². The Hall–Kier alpha value is -3.78. The van der Waals surface area contributed by atoms with E-state index in [1.54, 1.807) is 18.6 Å². The number of H-pyrrole nitrogens is 1. The predicted molar refractivity (Wildman–Crippen MR) is 125 cm³/mol. The van der Waals surface area contributed by atoms with E-state index < -0.39 is 0 Å². The number of pyridine rings is 2. The number of hydrogen-bond acceptors (Lipinski definition) is 7. The molecule has 1 saturated heterocycles. The summed E-state index contributed by atoms with van der Waals surface area (Å²) >= 11 is 0. The first-order chi connectivity index (χ1) is 15.6. The van der Waals surface area contributed by atoms with Gasteiger partial charge >= 0.3 is 0 Å². The van der Waals surface area contributed by atoms with Crippen molar-refractivity contribution in [3.05, 3.63) is 71.2 Å². The van der Waals surface area contributed by atoms with Crippen molar-refractivity contribution in [3.8, 4) is 11.3 Å². The van der Waals surface area contributed by atoms with Gasteiger partial charge in [0.15, 0.2) is 0 Å². The van der Waals surface area contributed by atoms with E-state index in [2.05, 4.69) is 51.1 Å². The molecule has 8 heteroatoms. The van der Waals surface area contributed by atoms with Gasteiger partial charge in [-0.05, 0) is 55.1 Å². The summed E-state index contributed by atoms with van der Waals surface area (Å²) in [5, 5.41) is 4.67. The Morgan fingerprint density at radius 2 is 2.03 bits per heavy atom. The summed E-state index contributed by atoms with van der Waals surface area (Å²) in [7, 11) is 0. The molecule has 4 aromatic rings. The van der Waals surface area contributed by atoms with E-state index in [-0.39, 0.29) is 11.7 Å². The lowest BCUT2D eigenvalue weighted by Gasteiger charge is -2.34. The quantitative estimate of drug-likeness (QED) is 0.512. The van der Waals surface area contributed by atoms with Crippen LogP contribution in [-0.2, 0) is 4.74 Å². The van der Waals surface area contributed by atoms with Crippen LogP contribution in [0.2, 0.25) is 0 Å². The Labute approximate surface area is 185 Å². The van der Waals surface area contributed by atoms with Gasteiger partial charge in [-0.1, -0.05) is 0 Å². The van der Waals surface area contributed by atoms with E-state index in [1.807, 2.05) is 18.2 Å². The van der Waals surface area contributed by atoms with Crippen molar-refractivity contribution in [2.24, 2.45) is 0 Å². The van der Waals surface area contributed by atoms with Crippen molar-refractivity contribution in [2.75, 3.05) is 29.9 Å². The van der Waals surface area contributed by atoms with Gasteiger partial charge < -0.3 is 19.9 Å². The first-order valence-electron chi connectivity index (χ1n) is 10.6. The van der Waals surface area contributed by atoms with Crippen molar-refractivity contribution in [2.45, 2.75) is 20.0 Å². The largest absolute Gasteiger partial charge is 0.375 e. The monoisotopic (exact) mass is 428 g/mol. The molecule has 8 nitrogen and oxygen atoms in total. The first-order valence-corrected chi connectivity index (χ1v) is 10.6. The minimum Gasteiger partial charge on any atom is -0.375 e. The molecule has 1 fully saturated rings. The maximum Gasteiger partial charge on any atom is 0.259 e. The number of aryl methyl sites for hydroxylation is 1. The lowest BCUT2D eigenvalue weighted by atomic mass is 10.1. The number of ether oxygens (including phenoxy) is 1. The van der Waals surface area contributed by atoms with Crippen LogP contribution in [0.1, 0.15) is 12.5 Å². The Morgan fingerprint density at radius 3 is 2.81 bits per heavy atom. The lowest BCUT2D eigenvalue weighted by molar-refractivity contribution is 0.0532. The highest BCUT2D eigenvalue weighted by Gasteiger charge is 2.19. The number of hydrogen-bond donors (Lipinski definition) is 2. The minimum absolute atomic E-state index is 0.191. The molecule has 1 atom stereocenters. The van der Waals surface area contributed by atoms with Crippen LogP contribution in [0.3, 0.4) is 0 Å². The van der Waals surface area contributed by atoms with Crippen LogP contribution in [0.5, 0.6) is 0 Å². The van der Waals surface area contributed by atoms with Gasteiger partial charge in [0.1, 0.15) is 12.1 Å². The second-order valence-electron chi connectivity index (χ2n) is 8.01. The van der Waals surface area contributed by atoms with Gasteiger partial charge in [0.25, 0.3) is 5.56 Å². The van der Waals surface area contributed by atoms with Crippen LogP contribution in [-0.4, -0.2) is 45.7 Å². The zero-order valence-electron chi connectivity index (χ0n) is 18.0. The number of rotatable bonds is 4. The van der Waals surface area contributed by atoms with E-state index in [0.717, 1.165) is 41.9 Å². The molecule has 5 rings (SSSR count). The molecule has 1 aliphatic heterocycles. The topological polar surface area (TPSA) is 96.0 Å². The SMILES string of the molecule is Cc1cc(Nc2nc(-c3cncnc3)cc3cc[nH]c(=O)c23)ccc1N1CCO[C@H](C)C1. The summed E-state index contributed by atoms with van der Waals surface area (Å²) in [6, 6.07) is 9.95. The molecule has 0 unspecified atom stereocenters. The van der Waals surface area contributed by atoms with Gasteiger partial charge in [-0.2, -0.15) is 0 Å². The van der Waals surface area contributed by atoms with Gasteiger partial charge in [0.05, 0.1) is 23.8 Å². The van der Waals surface area contributed by atoms with Crippen LogP contribution < -0.4 is 15.8 Å². The Morgan fingerprint density at radius 1 is 1.19 bits per heavy atom. The van der Waals surface area contributed by atoms with Crippen LogP contribution in [0, 0.1) is 6.92 Å². The summed E-state index contributed by atoms with van der Waals surface area (Å²) in [5.74, 6) is 0.496. The summed E-state index contributed by atoms with van der Waals surface area (Å²) < 4.78 is 5.67. The fourth-order valence-corrected chi connectivity index (χ4v) is 4.15. The maximum atomic E-state index is 12.6. The molecule has 0 saturated carbocycles. The van der Waals surface area contributed by atoms with Crippen LogP contribution in [0.25, 0.3) is 22.0 Å². The number of nitrogens with one attached hydrogen (secondary N) is 2. The molecule has 0 aliphatic carbocycles. The first kappa shape index (κ1) is 20.1. The highest BCUT2D eigenvalue weighted by molar-refractivity contribution is 5.95. The second-order valence-corrected chi connectivity index (χ2v) is 8.01. The Balaban J connectivity index is 1.53. The molecule has 2 N–H and O–H groups in total. The van der Waals surface area contributed by atoms with Crippen molar-refractivity contribution in [1.29, 1.82) is 0 Å². The van der Waals surface area contributed by atoms with Crippen molar-refractivity contribution >= 4 is 28.0 Å². The highest BCUT2D eigenvalue weighted by Crippen LogP contribution is 2.30. The summed E-state index contributed by atoms with van der Waals surface area (Å²) in [6.45, 7) is 6.67. The molecule has 0 spiro atoms. The molecular formula is C24H24N6O2. The van der Waals surface area contributed by atoms with Crippen molar-refractivity contribution in [1.82, 2.24) is 19.9 Å². The lowest BCUT2D eigenvalue weighted by Crippen LogP contribution is -2.41. The molecular weight excluding hydrogens is 404 g/mol. The molecule has 1 aromatic carbocycles. The number of anilines is 3. The predicted octanol–water partition coefficient (Wildman–Crippen LogP) is 3.66. The number of aromatic amines is 1. The minimum atomic E-state index is -0.191. The summed E-state index contributed by atoms with van der Waals surface area (Å²) in [6.07, 6.45) is 6.75. The third-order valence-electron chi connectivity index (χ3n) is 5.65. The van der Waals surface area contributed by atoms with Crippen LogP contribution in [0.15, 0.2) is 60.0 Å². The number of nitrogens with zero attached hydrogens (tertiary/aromatic N) is 4. The normalized spacial score (nSPS) is 16.3. The van der Waals surface area contributed by atoms with Gasteiger partial charge in [-0.25, -0.2) is 15.0 Å². The molecule has 4 heterocycles. The molecule has 32 heavy (non-hydrogen) atoms. The van der Waals surface area contributed by atoms with E-state index in [9.17, 15) is 4.79 Å². The number of fused-ring (bicyclic) bond motifs is 1. The van der Waals surface area contributed by atoms with E-state index in [1.165, 1.54) is 12.0 Å². The Bertz CT molecular complexity index is 1320. The summed E-state index contributed by atoms with van der Waals surface area (Å²) in [5.41, 5.74) is 4.49. The molecule has 3 aromatic heterocycles. The van der Waals surface area contributed by atoms with E-state index in [4.69, 9.17) is 9.72 Å². The Kier molecular flexibility index (Phi) is 5.28. The van der Waals surface area contributed by atoms with Gasteiger partial charge in [-0.15, -0.1) is 0 Å². The zero-order chi connectivity index (χ0) is 22.1. The molecule has 0 radical (unpaired) electrons. The third-order valence-corrected chi connectivity index (χ3v) is 5.65. The second kappa shape index (κ2) is 8.39. The van der Waals surface area contributed by atoms with Crippen molar-refractivity contribution in [3.63, 3.8) is 0 Å².